The van der Waals surface area contributed by atoms with Crippen LogP contribution in [0.1, 0.15) is 19.3 Å². The maximum atomic E-state index is 11.4. The molecule has 0 saturated heterocycles. The van der Waals surface area contributed by atoms with E-state index in [0.717, 1.165) is 0 Å². The molecule has 2 atom stereocenters. The molecule has 0 aromatic rings. The molecule has 1 aliphatic rings. The van der Waals surface area contributed by atoms with Crippen molar-refractivity contribution in [2.75, 3.05) is 20.0 Å². The van der Waals surface area contributed by atoms with E-state index in [1.807, 2.05) is 0 Å². The summed E-state index contributed by atoms with van der Waals surface area (Å²) in [6, 6.07) is 0. The molecule has 2 N–H and O–H groups in total. The Bertz CT molecular complexity index is 352. The van der Waals surface area contributed by atoms with E-state index < -0.39 is 15.3 Å². The van der Waals surface area contributed by atoms with Crippen LogP contribution in [0.2, 0.25) is 0 Å². The first kappa shape index (κ1) is 12.9. The normalized spacial score (nSPS) is 31.7. The van der Waals surface area contributed by atoms with Gasteiger partial charge in [0.2, 0.25) is 0 Å². The van der Waals surface area contributed by atoms with Crippen molar-refractivity contribution in [1.29, 1.82) is 0 Å². The fourth-order valence-corrected chi connectivity index (χ4v) is 3.56. The monoisotopic (exact) mass is 251 g/mol. The SMILES string of the molecule is COC[C@]1(C(N)=S)CC[C@@H](S(C)(=O)=O)C1. The molecule has 0 amide bonds. The molecule has 1 rings (SSSR count). The molecule has 1 aliphatic carbocycles. The Morgan fingerprint density at radius 1 is 1.67 bits per heavy atom. The summed E-state index contributed by atoms with van der Waals surface area (Å²) in [4.78, 5) is 0.371. The van der Waals surface area contributed by atoms with Gasteiger partial charge in [-0.05, 0) is 19.3 Å². The molecule has 0 unspecified atom stereocenters. The molecule has 4 nitrogen and oxygen atoms in total. The van der Waals surface area contributed by atoms with Crippen LogP contribution < -0.4 is 5.73 Å². The van der Waals surface area contributed by atoms with Gasteiger partial charge in [-0.1, -0.05) is 12.2 Å². The van der Waals surface area contributed by atoms with Crippen LogP contribution in [0.5, 0.6) is 0 Å². The minimum atomic E-state index is -3.00. The van der Waals surface area contributed by atoms with E-state index in [-0.39, 0.29) is 5.25 Å². The summed E-state index contributed by atoms with van der Waals surface area (Å²) in [7, 11) is -1.42. The summed E-state index contributed by atoms with van der Waals surface area (Å²) in [5.41, 5.74) is 5.26. The molecule has 0 bridgehead atoms. The average Bonchev–Trinajstić information content (AvgIpc) is 2.49. The van der Waals surface area contributed by atoms with Gasteiger partial charge in [-0.25, -0.2) is 8.42 Å². The van der Waals surface area contributed by atoms with Crippen molar-refractivity contribution in [2.24, 2.45) is 11.1 Å². The molecule has 15 heavy (non-hydrogen) atoms. The van der Waals surface area contributed by atoms with Gasteiger partial charge in [0.15, 0.2) is 0 Å². The molecular formula is C9H17NO3S2. The van der Waals surface area contributed by atoms with Crippen molar-refractivity contribution in [3.8, 4) is 0 Å². The van der Waals surface area contributed by atoms with Gasteiger partial charge < -0.3 is 10.5 Å². The first-order valence-corrected chi connectivity index (χ1v) is 7.16. The van der Waals surface area contributed by atoms with Crippen molar-refractivity contribution in [3.05, 3.63) is 0 Å². The van der Waals surface area contributed by atoms with Gasteiger partial charge in [0.1, 0.15) is 9.84 Å². The third-order valence-electron chi connectivity index (χ3n) is 3.11. The van der Waals surface area contributed by atoms with Gasteiger partial charge in [-0.2, -0.15) is 0 Å². The third-order valence-corrected chi connectivity index (χ3v) is 5.16. The summed E-state index contributed by atoms with van der Waals surface area (Å²) in [5, 5.41) is -0.325. The van der Waals surface area contributed by atoms with Crippen LogP contribution in [-0.2, 0) is 14.6 Å². The van der Waals surface area contributed by atoms with E-state index in [2.05, 4.69) is 0 Å². The highest BCUT2D eigenvalue weighted by molar-refractivity contribution is 7.91. The molecule has 0 aromatic carbocycles. The summed E-state index contributed by atoms with van der Waals surface area (Å²) < 4.78 is 27.9. The predicted molar refractivity (Wildman–Crippen MR) is 63.6 cm³/mol. The highest BCUT2D eigenvalue weighted by Gasteiger charge is 2.45. The fraction of sp³-hybridized carbons (Fsp3) is 0.889. The van der Waals surface area contributed by atoms with Crippen LogP contribution in [0.15, 0.2) is 0 Å². The Kier molecular flexibility index (Phi) is 3.73. The highest BCUT2D eigenvalue weighted by Crippen LogP contribution is 2.41. The van der Waals surface area contributed by atoms with Crippen molar-refractivity contribution >= 4 is 27.0 Å². The smallest absolute Gasteiger partial charge is 0.150 e. The minimum absolute atomic E-state index is 0.325. The largest absolute Gasteiger partial charge is 0.393 e. The number of nitrogens with two attached hydrogens (primary N) is 1. The van der Waals surface area contributed by atoms with E-state index >= 15 is 0 Å². The standard InChI is InChI=1S/C9H17NO3S2/c1-13-6-9(8(10)14)4-3-7(5-9)15(2,11)12/h7H,3-6H2,1-2H3,(H2,10,14)/t7-,9+/m1/s1. The maximum Gasteiger partial charge on any atom is 0.150 e. The number of sulfone groups is 1. The van der Waals surface area contributed by atoms with Gasteiger partial charge in [0.05, 0.1) is 16.8 Å². The van der Waals surface area contributed by atoms with Gasteiger partial charge in [0, 0.05) is 18.8 Å². The van der Waals surface area contributed by atoms with E-state index in [0.29, 0.717) is 30.9 Å². The van der Waals surface area contributed by atoms with E-state index in [9.17, 15) is 8.42 Å². The fourth-order valence-electron chi connectivity index (χ4n) is 2.14. The summed E-state index contributed by atoms with van der Waals surface area (Å²) in [6.45, 7) is 0.411. The molecule has 0 aliphatic heterocycles. The van der Waals surface area contributed by atoms with Crippen LogP contribution in [0.4, 0.5) is 0 Å². The number of methoxy groups -OCH3 is 1. The van der Waals surface area contributed by atoms with E-state index in [4.69, 9.17) is 22.7 Å². The predicted octanol–water partition coefficient (Wildman–Crippen LogP) is 0.502. The molecule has 1 fully saturated rings. The zero-order valence-electron chi connectivity index (χ0n) is 9.02. The topological polar surface area (TPSA) is 69.4 Å². The van der Waals surface area contributed by atoms with Crippen molar-refractivity contribution in [2.45, 2.75) is 24.5 Å². The van der Waals surface area contributed by atoms with Gasteiger partial charge >= 0.3 is 0 Å². The Morgan fingerprint density at radius 2 is 2.27 bits per heavy atom. The number of hydrogen-bond donors (Lipinski definition) is 1. The van der Waals surface area contributed by atoms with Crippen LogP contribution >= 0.6 is 12.2 Å². The Labute approximate surface area is 96.1 Å². The van der Waals surface area contributed by atoms with Crippen LogP contribution in [-0.4, -0.2) is 38.6 Å². The summed E-state index contributed by atoms with van der Waals surface area (Å²) >= 11 is 5.01. The zero-order chi connectivity index (χ0) is 11.7. The second-order valence-corrected chi connectivity index (χ2v) is 7.04. The second kappa shape index (κ2) is 4.35. The first-order valence-electron chi connectivity index (χ1n) is 4.79. The third kappa shape index (κ3) is 2.68. The lowest BCUT2D eigenvalue weighted by molar-refractivity contribution is 0.127. The van der Waals surface area contributed by atoms with Crippen molar-refractivity contribution in [1.82, 2.24) is 0 Å². The quantitative estimate of drug-likeness (QED) is 0.737. The van der Waals surface area contributed by atoms with Crippen molar-refractivity contribution in [3.63, 3.8) is 0 Å². The number of thiocarbonyl (C=S) groups is 1. The second-order valence-electron chi connectivity index (χ2n) is 4.27. The molecule has 0 radical (unpaired) electrons. The van der Waals surface area contributed by atoms with Crippen molar-refractivity contribution < 1.29 is 13.2 Å². The van der Waals surface area contributed by atoms with Crippen LogP contribution in [0.25, 0.3) is 0 Å². The molecule has 88 valence electrons. The molecule has 6 heteroatoms. The molecule has 0 aromatic heterocycles. The summed E-state index contributed by atoms with van der Waals surface area (Å²) in [5.74, 6) is 0. The first-order chi connectivity index (χ1) is 6.82. The number of rotatable bonds is 4. The summed E-state index contributed by atoms with van der Waals surface area (Å²) in [6.07, 6.45) is 3.09. The Balaban J connectivity index is 2.86. The number of ether oxygens (including phenoxy) is 1. The van der Waals surface area contributed by atoms with E-state index in [1.54, 1.807) is 7.11 Å². The van der Waals surface area contributed by atoms with Crippen LogP contribution in [0.3, 0.4) is 0 Å². The Morgan fingerprint density at radius 3 is 2.60 bits per heavy atom. The molecule has 1 saturated carbocycles. The minimum Gasteiger partial charge on any atom is -0.393 e. The lowest BCUT2D eigenvalue weighted by atomic mass is 9.87. The highest BCUT2D eigenvalue weighted by atomic mass is 32.2. The van der Waals surface area contributed by atoms with Gasteiger partial charge in [-0.15, -0.1) is 0 Å². The van der Waals surface area contributed by atoms with Crippen LogP contribution in [0, 0.1) is 5.41 Å². The number of hydrogen-bond acceptors (Lipinski definition) is 4. The zero-order valence-corrected chi connectivity index (χ0v) is 10.7. The molecular weight excluding hydrogens is 234 g/mol. The maximum absolute atomic E-state index is 11.4. The molecule has 0 heterocycles. The average molecular weight is 251 g/mol. The molecule has 0 spiro atoms. The van der Waals surface area contributed by atoms with Gasteiger partial charge in [0.25, 0.3) is 0 Å². The van der Waals surface area contributed by atoms with Gasteiger partial charge in [-0.3, -0.25) is 0 Å². The Hall–Kier alpha value is -0.200. The van der Waals surface area contributed by atoms with E-state index in [1.165, 1.54) is 6.26 Å². The lowest BCUT2D eigenvalue weighted by Crippen LogP contribution is -2.38. The lowest BCUT2D eigenvalue weighted by Gasteiger charge is -2.26.